The Morgan fingerprint density at radius 2 is 2.06 bits per heavy atom. The Morgan fingerprint density at radius 1 is 1.41 bits per heavy atom. The minimum atomic E-state index is -4.25. The average Bonchev–Trinajstić information content (AvgIpc) is 2.18. The van der Waals surface area contributed by atoms with Gasteiger partial charge in [-0.3, -0.25) is 5.41 Å². The Bertz CT molecular complexity index is 416. The molecule has 94 valence electrons. The van der Waals surface area contributed by atoms with E-state index in [0.29, 0.717) is 11.1 Å². The third-order valence-electron chi connectivity index (χ3n) is 2.13. The molecule has 6 heteroatoms. The first-order valence-electron chi connectivity index (χ1n) is 4.95. The van der Waals surface area contributed by atoms with Gasteiger partial charge in [-0.25, -0.2) is 0 Å². The SMILES string of the molecule is Cc1cccc(C(=N)N)c1OCCC(F)(F)F. The zero-order chi connectivity index (χ0) is 13.1. The first-order chi connectivity index (χ1) is 7.81. The number of amidine groups is 1. The molecule has 1 aromatic carbocycles. The molecule has 1 aromatic rings. The fourth-order valence-electron chi connectivity index (χ4n) is 1.32. The summed E-state index contributed by atoms with van der Waals surface area (Å²) in [6.45, 7) is 1.21. The Hall–Kier alpha value is -1.72. The van der Waals surface area contributed by atoms with Crippen LogP contribution in [0, 0.1) is 12.3 Å². The molecule has 0 aliphatic rings. The van der Waals surface area contributed by atoms with Gasteiger partial charge in [0.15, 0.2) is 0 Å². The average molecular weight is 246 g/mol. The van der Waals surface area contributed by atoms with Crippen molar-refractivity contribution in [1.29, 1.82) is 5.41 Å². The van der Waals surface area contributed by atoms with Crippen LogP contribution in [0.15, 0.2) is 18.2 Å². The summed E-state index contributed by atoms with van der Waals surface area (Å²) >= 11 is 0. The molecule has 0 spiro atoms. The molecule has 0 saturated heterocycles. The number of hydrogen-bond acceptors (Lipinski definition) is 2. The van der Waals surface area contributed by atoms with Crippen LogP contribution >= 0.6 is 0 Å². The van der Waals surface area contributed by atoms with Gasteiger partial charge in [-0.15, -0.1) is 0 Å². The molecule has 0 atom stereocenters. The van der Waals surface area contributed by atoms with E-state index in [4.69, 9.17) is 15.9 Å². The molecule has 3 N–H and O–H groups in total. The lowest BCUT2D eigenvalue weighted by molar-refractivity contribution is -0.139. The maximum Gasteiger partial charge on any atom is 0.392 e. The van der Waals surface area contributed by atoms with Crippen LogP contribution < -0.4 is 10.5 Å². The van der Waals surface area contributed by atoms with Gasteiger partial charge < -0.3 is 10.5 Å². The van der Waals surface area contributed by atoms with E-state index in [1.807, 2.05) is 0 Å². The topological polar surface area (TPSA) is 59.1 Å². The standard InChI is InChI=1S/C11H13F3N2O/c1-7-3-2-4-8(10(15)16)9(7)17-6-5-11(12,13)14/h2-4H,5-6H2,1H3,(H3,15,16). The Balaban J connectivity index is 2.79. The second-order valence-electron chi connectivity index (χ2n) is 3.58. The molecule has 0 heterocycles. The number of alkyl halides is 3. The highest BCUT2D eigenvalue weighted by molar-refractivity contribution is 5.98. The van der Waals surface area contributed by atoms with Crippen molar-refractivity contribution >= 4 is 5.84 Å². The molecule has 0 amide bonds. The van der Waals surface area contributed by atoms with Gasteiger partial charge in [0.05, 0.1) is 18.6 Å². The number of aryl methyl sites for hydroxylation is 1. The van der Waals surface area contributed by atoms with Crippen molar-refractivity contribution in [2.24, 2.45) is 5.73 Å². The lowest BCUT2D eigenvalue weighted by Gasteiger charge is -2.14. The van der Waals surface area contributed by atoms with Crippen molar-refractivity contribution in [3.8, 4) is 5.75 Å². The third kappa shape index (κ3) is 3.97. The number of ether oxygens (including phenoxy) is 1. The summed E-state index contributed by atoms with van der Waals surface area (Å²) < 4.78 is 41.0. The first kappa shape index (κ1) is 13.3. The summed E-state index contributed by atoms with van der Waals surface area (Å²) in [5, 5.41) is 7.31. The Labute approximate surface area is 96.9 Å². The van der Waals surface area contributed by atoms with Crippen LogP contribution in [0.5, 0.6) is 5.75 Å². The van der Waals surface area contributed by atoms with E-state index in [2.05, 4.69) is 0 Å². The predicted molar refractivity (Wildman–Crippen MR) is 58.4 cm³/mol. The van der Waals surface area contributed by atoms with Gasteiger partial charge in [0, 0.05) is 0 Å². The maximum absolute atomic E-state index is 12.0. The molecule has 0 aromatic heterocycles. The summed E-state index contributed by atoms with van der Waals surface area (Å²) in [5.74, 6) is 0.0139. The number of nitrogens with two attached hydrogens (primary N) is 1. The summed E-state index contributed by atoms with van der Waals surface area (Å²) in [5.41, 5.74) is 6.29. The fourth-order valence-corrected chi connectivity index (χ4v) is 1.32. The van der Waals surface area contributed by atoms with Crippen LogP contribution in [0.4, 0.5) is 13.2 Å². The number of nitrogens with one attached hydrogen (secondary N) is 1. The summed E-state index contributed by atoms with van der Waals surface area (Å²) in [6, 6.07) is 4.90. The molecule has 0 aliphatic carbocycles. The van der Waals surface area contributed by atoms with E-state index in [0.717, 1.165) is 0 Å². The van der Waals surface area contributed by atoms with Crippen LogP contribution in [0.1, 0.15) is 17.5 Å². The number of nitrogen functional groups attached to an aromatic ring is 1. The number of benzene rings is 1. The van der Waals surface area contributed by atoms with Gasteiger partial charge in [0.2, 0.25) is 0 Å². The molecule has 17 heavy (non-hydrogen) atoms. The zero-order valence-corrected chi connectivity index (χ0v) is 9.27. The number of halogens is 3. The smallest absolute Gasteiger partial charge is 0.392 e. The van der Waals surface area contributed by atoms with E-state index in [1.165, 1.54) is 6.07 Å². The van der Waals surface area contributed by atoms with Crippen molar-refractivity contribution in [3.63, 3.8) is 0 Å². The highest BCUT2D eigenvalue weighted by atomic mass is 19.4. The minimum absolute atomic E-state index is 0.226. The van der Waals surface area contributed by atoms with Crippen LogP contribution in [-0.4, -0.2) is 18.6 Å². The molecule has 1 rings (SSSR count). The number of para-hydroxylation sites is 1. The van der Waals surface area contributed by atoms with Gasteiger partial charge in [0.25, 0.3) is 0 Å². The molecular weight excluding hydrogens is 233 g/mol. The van der Waals surface area contributed by atoms with Gasteiger partial charge in [-0.1, -0.05) is 12.1 Å². The minimum Gasteiger partial charge on any atom is -0.492 e. The Morgan fingerprint density at radius 3 is 2.59 bits per heavy atom. The van der Waals surface area contributed by atoms with Crippen molar-refractivity contribution in [3.05, 3.63) is 29.3 Å². The predicted octanol–water partition coefficient (Wildman–Crippen LogP) is 2.61. The molecule has 0 radical (unpaired) electrons. The monoisotopic (exact) mass is 246 g/mol. The largest absolute Gasteiger partial charge is 0.492 e. The van der Waals surface area contributed by atoms with Gasteiger partial charge in [-0.2, -0.15) is 13.2 Å². The van der Waals surface area contributed by atoms with Crippen LogP contribution in [0.25, 0.3) is 0 Å². The van der Waals surface area contributed by atoms with Crippen LogP contribution in [-0.2, 0) is 0 Å². The highest BCUT2D eigenvalue weighted by Gasteiger charge is 2.27. The van der Waals surface area contributed by atoms with E-state index in [-0.39, 0.29) is 11.6 Å². The van der Waals surface area contributed by atoms with Gasteiger partial charge >= 0.3 is 6.18 Å². The van der Waals surface area contributed by atoms with Crippen molar-refractivity contribution < 1.29 is 17.9 Å². The quantitative estimate of drug-likeness (QED) is 0.633. The molecule has 3 nitrogen and oxygen atoms in total. The third-order valence-corrected chi connectivity index (χ3v) is 2.13. The van der Waals surface area contributed by atoms with Crippen LogP contribution in [0.3, 0.4) is 0 Å². The van der Waals surface area contributed by atoms with E-state index < -0.39 is 19.2 Å². The summed E-state index contributed by atoms with van der Waals surface area (Å²) in [4.78, 5) is 0. The van der Waals surface area contributed by atoms with Crippen molar-refractivity contribution in [2.75, 3.05) is 6.61 Å². The maximum atomic E-state index is 12.0. The normalized spacial score (nSPS) is 11.3. The second-order valence-corrected chi connectivity index (χ2v) is 3.58. The number of hydrogen-bond donors (Lipinski definition) is 2. The zero-order valence-electron chi connectivity index (χ0n) is 9.27. The Kier molecular flexibility index (Phi) is 3.98. The van der Waals surface area contributed by atoms with E-state index >= 15 is 0 Å². The molecule has 0 aliphatic heterocycles. The molecule has 0 saturated carbocycles. The molecule has 0 unspecified atom stereocenters. The molecular formula is C11H13F3N2O. The number of rotatable bonds is 4. The van der Waals surface area contributed by atoms with Crippen molar-refractivity contribution in [2.45, 2.75) is 19.5 Å². The summed E-state index contributed by atoms with van der Waals surface area (Å²) in [6.07, 6.45) is -5.28. The van der Waals surface area contributed by atoms with Crippen molar-refractivity contribution in [1.82, 2.24) is 0 Å². The first-order valence-corrected chi connectivity index (χ1v) is 4.95. The lowest BCUT2D eigenvalue weighted by Crippen LogP contribution is -2.17. The lowest BCUT2D eigenvalue weighted by atomic mass is 10.1. The van der Waals surface area contributed by atoms with Crippen LogP contribution in [0.2, 0.25) is 0 Å². The second kappa shape index (κ2) is 5.07. The van der Waals surface area contributed by atoms with Gasteiger partial charge in [0.1, 0.15) is 11.6 Å². The highest BCUT2D eigenvalue weighted by Crippen LogP contribution is 2.25. The van der Waals surface area contributed by atoms with Gasteiger partial charge in [-0.05, 0) is 18.6 Å². The summed E-state index contributed by atoms with van der Waals surface area (Å²) in [7, 11) is 0. The van der Waals surface area contributed by atoms with E-state index in [1.54, 1.807) is 19.1 Å². The fraction of sp³-hybridized carbons (Fsp3) is 0.364. The molecule has 0 fully saturated rings. The van der Waals surface area contributed by atoms with E-state index in [9.17, 15) is 13.2 Å². The molecule has 0 bridgehead atoms.